The zero-order valence-corrected chi connectivity index (χ0v) is 8.96. The van der Waals surface area contributed by atoms with Gasteiger partial charge in [-0.3, -0.25) is 0 Å². The Bertz CT molecular complexity index is 594. The first-order valence-corrected chi connectivity index (χ1v) is 5.60. The highest BCUT2D eigenvalue weighted by Crippen LogP contribution is 2.18. The Kier molecular flexibility index (Phi) is 2.04. The van der Waals surface area contributed by atoms with Crippen molar-refractivity contribution in [3.8, 4) is 0 Å². The van der Waals surface area contributed by atoms with Gasteiger partial charge in [-0.15, -0.1) is 3.89 Å². The number of aromatic nitrogens is 3. The number of nitrogens with zero attached hydrogens (tertiary/aromatic N) is 3. The van der Waals surface area contributed by atoms with E-state index in [1.165, 1.54) is 16.9 Å². The van der Waals surface area contributed by atoms with E-state index >= 15 is 0 Å². The molecule has 0 unspecified atom stereocenters. The molecular formula is C6H3BrFN3O2S. The van der Waals surface area contributed by atoms with Crippen LogP contribution >= 0.6 is 15.9 Å². The molecule has 0 aliphatic carbocycles. The average molecular weight is 280 g/mol. The first-order valence-electron chi connectivity index (χ1n) is 3.42. The van der Waals surface area contributed by atoms with Crippen LogP contribution in [0.25, 0.3) is 5.65 Å². The third-order valence-corrected chi connectivity index (χ3v) is 2.78. The molecule has 0 fully saturated rings. The predicted molar refractivity (Wildman–Crippen MR) is 49.0 cm³/mol. The van der Waals surface area contributed by atoms with Crippen LogP contribution in [0.2, 0.25) is 0 Å². The standard InChI is InChI=1S/C6H3BrFN3O2S/c7-4-1-9-6-5(14(8,12)13)2-10-11(6)3-4/h1-3H. The van der Waals surface area contributed by atoms with Crippen molar-refractivity contribution in [1.82, 2.24) is 14.6 Å². The largest absolute Gasteiger partial charge is 0.337 e. The highest BCUT2D eigenvalue weighted by Gasteiger charge is 2.19. The molecule has 0 saturated carbocycles. The monoisotopic (exact) mass is 279 g/mol. The van der Waals surface area contributed by atoms with Crippen molar-refractivity contribution in [1.29, 1.82) is 0 Å². The average Bonchev–Trinajstić information content (AvgIpc) is 2.45. The zero-order valence-electron chi connectivity index (χ0n) is 6.55. The smallest absolute Gasteiger partial charge is 0.235 e. The fourth-order valence-electron chi connectivity index (χ4n) is 1.00. The van der Waals surface area contributed by atoms with Crippen LogP contribution in [0, 0.1) is 0 Å². The van der Waals surface area contributed by atoms with E-state index < -0.39 is 15.1 Å². The Morgan fingerprint density at radius 1 is 1.43 bits per heavy atom. The summed E-state index contributed by atoms with van der Waals surface area (Å²) < 4.78 is 35.7. The Balaban J connectivity index is 2.83. The Hall–Kier alpha value is -1.02. The van der Waals surface area contributed by atoms with Crippen LogP contribution in [0.1, 0.15) is 0 Å². The molecule has 8 heteroatoms. The quantitative estimate of drug-likeness (QED) is 0.735. The summed E-state index contributed by atoms with van der Waals surface area (Å²) >= 11 is 3.13. The van der Waals surface area contributed by atoms with Crippen molar-refractivity contribution in [3.05, 3.63) is 23.1 Å². The van der Waals surface area contributed by atoms with Gasteiger partial charge in [0.1, 0.15) is 0 Å². The topological polar surface area (TPSA) is 64.3 Å². The van der Waals surface area contributed by atoms with Crippen molar-refractivity contribution >= 4 is 31.8 Å². The fourth-order valence-corrected chi connectivity index (χ4v) is 1.84. The molecule has 0 radical (unpaired) electrons. The molecule has 0 spiro atoms. The zero-order chi connectivity index (χ0) is 10.3. The number of halogens is 2. The van der Waals surface area contributed by atoms with Crippen molar-refractivity contribution in [2.24, 2.45) is 0 Å². The SMILES string of the molecule is O=S(=O)(F)c1cnn2cc(Br)cnc12. The van der Waals surface area contributed by atoms with Gasteiger partial charge in [0.2, 0.25) is 0 Å². The maximum atomic E-state index is 12.7. The molecule has 0 aliphatic heterocycles. The predicted octanol–water partition coefficient (Wildman–Crippen LogP) is 1.15. The van der Waals surface area contributed by atoms with Gasteiger partial charge in [0.05, 0.1) is 10.7 Å². The minimum absolute atomic E-state index is 0.0318. The first-order chi connectivity index (χ1) is 6.48. The summed E-state index contributed by atoms with van der Waals surface area (Å²) in [5.41, 5.74) is -0.0318. The molecule has 0 amide bonds. The maximum absolute atomic E-state index is 12.7. The molecule has 0 aromatic carbocycles. The van der Waals surface area contributed by atoms with Gasteiger partial charge in [-0.25, -0.2) is 9.50 Å². The second-order valence-electron chi connectivity index (χ2n) is 2.49. The van der Waals surface area contributed by atoms with Gasteiger partial charge in [0.15, 0.2) is 10.5 Å². The lowest BCUT2D eigenvalue weighted by molar-refractivity contribution is 0.553. The van der Waals surface area contributed by atoms with Crippen LogP contribution in [0.5, 0.6) is 0 Å². The third-order valence-electron chi connectivity index (χ3n) is 1.56. The summed E-state index contributed by atoms with van der Waals surface area (Å²) in [6, 6.07) is 0. The highest BCUT2D eigenvalue weighted by atomic mass is 79.9. The minimum Gasteiger partial charge on any atom is -0.235 e. The lowest BCUT2D eigenvalue weighted by atomic mass is 10.6. The Morgan fingerprint density at radius 3 is 2.79 bits per heavy atom. The summed E-state index contributed by atoms with van der Waals surface area (Å²) in [7, 11) is -4.76. The van der Waals surface area contributed by atoms with Gasteiger partial charge in [-0.05, 0) is 15.9 Å². The number of fused-ring (bicyclic) bond motifs is 1. The lowest BCUT2D eigenvalue weighted by Crippen LogP contribution is -1.94. The highest BCUT2D eigenvalue weighted by molar-refractivity contribution is 9.10. The molecule has 74 valence electrons. The molecule has 14 heavy (non-hydrogen) atoms. The minimum atomic E-state index is -4.76. The van der Waals surface area contributed by atoms with Crippen LogP contribution in [0.4, 0.5) is 3.89 Å². The summed E-state index contributed by atoms with van der Waals surface area (Å²) in [6.45, 7) is 0. The molecule has 0 aliphatic rings. The molecule has 2 aromatic rings. The van der Waals surface area contributed by atoms with E-state index in [0.717, 1.165) is 6.20 Å². The summed E-state index contributed by atoms with van der Waals surface area (Å²) in [5, 5.41) is 3.65. The van der Waals surface area contributed by atoms with E-state index in [9.17, 15) is 12.3 Å². The molecule has 2 heterocycles. The number of rotatable bonds is 1. The molecule has 0 atom stereocenters. The van der Waals surface area contributed by atoms with Gasteiger partial charge >= 0.3 is 10.2 Å². The lowest BCUT2D eigenvalue weighted by Gasteiger charge is -1.93. The second kappa shape index (κ2) is 2.99. The van der Waals surface area contributed by atoms with Gasteiger partial charge in [-0.2, -0.15) is 13.5 Å². The fraction of sp³-hybridized carbons (Fsp3) is 0. The van der Waals surface area contributed by atoms with Crippen molar-refractivity contribution < 1.29 is 12.3 Å². The maximum Gasteiger partial charge on any atom is 0.337 e. The van der Waals surface area contributed by atoms with Gasteiger partial charge < -0.3 is 0 Å². The molecule has 0 saturated heterocycles. The van der Waals surface area contributed by atoms with Crippen molar-refractivity contribution in [3.63, 3.8) is 0 Å². The van der Waals surface area contributed by atoms with E-state index in [2.05, 4.69) is 26.0 Å². The van der Waals surface area contributed by atoms with Crippen molar-refractivity contribution in [2.75, 3.05) is 0 Å². The van der Waals surface area contributed by atoms with Crippen LogP contribution in [-0.4, -0.2) is 23.0 Å². The van der Waals surface area contributed by atoms with Crippen LogP contribution in [-0.2, 0) is 10.2 Å². The molecule has 2 rings (SSSR count). The van der Waals surface area contributed by atoms with Gasteiger partial charge in [-0.1, -0.05) is 0 Å². The van der Waals surface area contributed by atoms with E-state index in [4.69, 9.17) is 0 Å². The van der Waals surface area contributed by atoms with E-state index in [1.54, 1.807) is 0 Å². The molecule has 0 N–H and O–H groups in total. The van der Waals surface area contributed by atoms with Crippen LogP contribution in [0.15, 0.2) is 28.0 Å². The summed E-state index contributed by atoms with van der Waals surface area (Å²) in [6.07, 6.45) is 3.77. The first kappa shape index (κ1) is 9.53. The van der Waals surface area contributed by atoms with Crippen molar-refractivity contribution in [2.45, 2.75) is 4.90 Å². The van der Waals surface area contributed by atoms with E-state index in [1.807, 2.05) is 0 Å². The number of hydrogen-bond acceptors (Lipinski definition) is 4. The van der Waals surface area contributed by atoms with Gasteiger partial charge in [0.25, 0.3) is 0 Å². The molecule has 2 aromatic heterocycles. The van der Waals surface area contributed by atoms with Crippen LogP contribution < -0.4 is 0 Å². The summed E-state index contributed by atoms with van der Waals surface area (Å²) in [5.74, 6) is 0. The Labute approximate surface area is 86.9 Å². The van der Waals surface area contributed by atoms with Crippen LogP contribution in [0.3, 0.4) is 0 Å². The van der Waals surface area contributed by atoms with E-state index in [-0.39, 0.29) is 5.65 Å². The molecule has 0 bridgehead atoms. The molecule has 5 nitrogen and oxygen atoms in total. The second-order valence-corrected chi connectivity index (χ2v) is 4.72. The van der Waals surface area contributed by atoms with E-state index in [0.29, 0.717) is 4.47 Å². The number of hydrogen-bond donors (Lipinski definition) is 0. The molecular weight excluding hydrogens is 277 g/mol. The Morgan fingerprint density at radius 2 is 2.14 bits per heavy atom. The summed E-state index contributed by atoms with van der Waals surface area (Å²) in [4.78, 5) is 3.22. The normalized spacial score (nSPS) is 12.1. The third kappa shape index (κ3) is 1.50. The van der Waals surface area contributed by atoms with Gasteiger partial charge in [0, 0.05) is 12.4 Å².